The van der Waals surface area contributed by atoms with Crippen LogP contribution in [0.1, 0.15) is 47.9 Å². The average Bonchev–Trinajstić information content (AvgIpc) is 4.03. The van der Waals surface area contributed by atoms with Crippen molar-refractivity contribution in [2.75, 3.05) is 26.6 Å². The molecule has 4 nitrogen and oxygen atoms in total. The van der Waals surface area contributed by atoms with Crippen LogP contribution in [0.3, 0.4) is 0 Å². The van der Waals surface area contributed by atoms with Crippen molar-refractivity contribution in [2.45, 2.75) is 31.1 Å². The van der Waals surface area contributed by atoms with E-state index in [1.807, 2.05) is 0 Å². The Hall–Kier alpha value is -8.60. The zero-order valence-electron chi connectivity index (χ0n) is 39.1. The Balaban J connectivity index is 0.771. The first-order valence-electron chi connectivity index (χ1n) is 24.8. The molecule has 0 aromatic heterocycles. The molecule has 0 unspecified atom stereocenters. The molecular weight excluding hydrogens is 849 g/mol. The second-order valence-corrected chi connectivity index (χ2v) is 19.3. The van der Waals surface area contributed by atoms with E-state index in [0.717, 1.165) is 34.1 Å². The number of nitrogens with zero attached hydrogens (tertiary/aromatic N) is 4. The molecule has 1 saturated carbocycles. The van der Waals surface area contributed by atoms with Crippen LogP contribution >= 0.6 is 0 Å². The Kier molecular flexibility index (Phi) is 9.25. The molecule has 2 aliphatic heterocycles. The van der Waals surface area contributed by atoms with Crippen LogP contribution in [-0.4, -0.2) is 7.05 Å². The Morgan fingerprint density at radius 3 is 1.43 bits per heavy atom. The Morgan fingerprint density at radius 1 is 0.343 bits per heavy atom. The van der Waals surface area contributed by atoms with Gasteiger partial charge in [-0.2, -0.15) is 0 Å². The highest BCUT2D eigenvalue weighted by Gasteiger charge is 2.45. The topological polar surface area (TPSA) is 13.0 Å². The number of hydrogen-bond acceptors (Lipinski definition) is 4. The normalized spacial score (nSPS) is 14.9. The zero-order chi connectivity index (χ0) is 46.3. The van der Waals surface area contributed by atoms with Crippen LogP contribution in [0, 0.1) is 0 Å². The molecule has 14 rings (SSSR count). The fourth-order valence-corrected chi connectivity index (χ4v) is 12.4. The standard InChI is InChI=1S/C66H50N4/c1-67-58-21-7-9-23-60(58)69(61-24-10-8-22-59(61)67)49-36-38-53-52-37-33-46(43-55(52)66(56(53)44-49)41-15-16-42-66)30-29-45-31-34-47(35-32-45)50-39-40-57(54-20-6-5-19-51(50)54)70-64-27-13-11-25-62(64)68(48-17-3-2-4-18-48)63-26-12-14-28-65(63)70/h2-14,17-40,43-44H,15-16,41-42H2,1H3/b30-29+. The molecule has 10 aromatic carbocycles. The Bertz CT molecular complexity index is 3620. The van der Waals surface area contributed by atoms with Crippen LogP contribution in [0.5, 0.6) is 0 Å². The summed E-state index contributed by atoms with van der Waals surface area (Å²) in [5.41, 5.74) is 23.7. The lowest BCUT2D eigenvalue weighted by Gasteiger charge is -2.40. The van der Waals surface area contributed by atoms with Crippen molar-refractivity contribution in [1.29, 1.82) is 0 Å². The van der Waals surface area contributed by atoms with Gasteiger partial charge in [-0.15, -0.1) is 0 Å². The van der Waals surface area contributed by atoms with Crippen molar-refractivity contribution in [3.05, 3.63) is 247 Å². The molecule has 1 fully saturated rings. The molecule has 2 aliphatic carbocycles. The van der Waals surface area contributed by atoms with Gasteiger partial charge in [0.25, 0.3) is 0 Å². The summed E-state index contributed by atoms with van der Waals surface area (Å²) < 4.78 is 0. The van der Waals surface area contributed by atoms with Gasteiger partial charge in [-0.05, 0) is 142 Å². The first kappa shape index (κ1) is 40.5. The molecule has 0 amide bonds. The van der Waals surface area contributed by atoms with Gasteiger partial charge in [0.05, 0.1) is 51.2 Å². The fraction of sp³-hybridized carbons (Fsp3) is 0.0909. The highest BCUT2D eigenvalue weighted by atomic mass is 15.3. The maximum Gasteiger partial charge on any atom is 0.0703 e. The SMILES string of the molecule is CN1c2ccccc2N(c2ccc3c(c2)C2(CCCC2)c2cc(/C=C/c4ccc(-c5ccc(N6c7ccccc7N(c7ccccc7)c7ccccc76)c6ccccc56)cc4)ccc2-3)c2ccccc21. The van der Waals surface area contributed by atoms with E-state index in [1.54, 1.807) is 0 Å². The molecule has 1 spiro atoms. The van der Waals surface area contributed by atoms with Gasteiger partial charge in [0.2, 0.25) is 0 Å². The first-order valence-corrected chi connectivity index (χ1v) is 24.8. The van der Waals surface area contributed by atoms with E-state index >= 15 is 0 Å². The molecule has 10 aromatic rings. The lowest BCUT2D eigenvalue weighted by Crippen LogP contribution is -2.25. The average molecular weight is 899 g/mol. The van der Waals surface area contributed by atoms with Crippen LogP contribution < -0.4 is 19.6 Å². The summed E-state index contributed by atoms with van der Waals surface area (Å²) in [6.07, 6.45) is 9.45. The minimum atomic E-state index is 0.0272. The molecule has 0 radical (unpaired) electrons. The van der Waals surface area contributed by atoms with Crippen LogP contribution in [0.25, 0.3) is 45.2 Å². The van der Waals surface area contributed by atoms with Crippen molar-refractivity contribution in [1.82, 2.24) is 0 Å². The molecule has 2 heterocycles. The molecule has 0 saturated heterocycles. The summed E-state index contributed by atoms with van der Waals surface area (Å²) in [5, 5.41) is 2.45. The van der Waals surface area contributed by atoms with Gasteiger partial charge in [-0.1, -0.05) is 171 Å². The maximum absolute atomic E-state index is 2.53. The lowest BCUT2D eigenvalue weighted by molar-refractivity contribution is 0.550. The largest absolute Gasteiger partial charge is 0.341 e. The highest BCUT2D eigenvalue weighted by Crippen LogP contribution is 2.60. The fourth-order valence-electron chi connectivity index (χ4n) is 12.4. The number of hydrogen-bond donors (Lipinski definition) is 0. The van der Waals surface area contributed by atoms with Crippen molar-refractivity contribution in [3.8, 4) is 22.3 Å². The van der Waals surface area contributed by atoms with Crippen molar-refractivity contribution in [2.24, 2.45) is 0 Å². The molecule has 0 N–H and O–H groups in total. The highest BCUT2D eigenvalue weighted by molar-refractivity contribution is 6.10. The number of rotatable bonds is 6. The first-order chi connectivity index (χ1) is 34.6. The van der Waals surface area contributed by atoms with Crippen LogP contribution in [-0.2, 0) is 5.41 Å². The minimum absolute atomic E-state index is 0.0272. The molecule has 70 heavy (non-hydrogen) atoms. The van der Waals surface area contributed by atoms with E-state index < -0.39 is 0 Å². The number of anilines is 11. The van der Waals surface area contributed by atoms with E-state index in [0.29, 0.717) is 0 Å². The minimum Gasteiger partial charge on any atom is -0.341 e. The number of benzene rings is 10. The molecule has 0 bridgehead atoms. The summed E-state index contributed by atoms with van der Waals surface area (Å²) in [6, 6.07) is 82.9. The molecule has 0 atom stereocenters. The summed E-state index contributed by atoms with van der Waals surface area (Å²) in [5.74, 6) is 0. The van der Waals surface area contributed by atoms with Gasteiger partial charge in [0.1, 0.15) is 0 Å². The van der Waals surface area contributed by atoms with Gasteiger partial charge in [0.15, 0.2) is 0 Å². The van der Waals surface area contributed by atoms with Crippen LogP contribution in [0.4, 0.5) is 62.6 Å². The molecule has 4 heteroatoms. The third kappa shape index (κ3) is 6.16. The molecule has 4 aliphatic rings. The quantitative estimate of drug-likeness (QED) is 0.154. The monoisotopic (exact) mass is 898 g/mol. The maximum atomic E-state index is 2.53. The summed E-state index contributed by atoms with van der Waals surface area (Å²) in [4.78, 5) is 9.62. The van der Waals surface area contributed by atoms with E-state index in [-0.39, 0.29) is 5.41 Å². The Morgan fingerprint density at radius 2 is 0.800 bits per heavy atom. The zero-order valence-corrected chi connectivity index (χ0v) is 39.1. The summed E-state index contributed by atoms with van der Waals surface area (Å²) in [6.45, 7) is 0. The van der Waals surface area contributed by atoms with E-state index in [9.17, 15) is 0 Å². The van der Waals surface area contributed by atoms with E-state index in [1.165, 1.54) is 109 Å². The van der Waals surface area contributed by atoms with Gasteiger partial charge < -0.3 is 19.6 Å². The Labute approximate surface area is 410 Å². The number of fused-ring (bicyclic) bond motifs is 10. The van der Waals surface area contributed by atoms with Gasteiger partial charge >= 0.3 is 0 Å². The second-order valence-electron chi connectivity index (χ2n) is 19.3. The van der Waals surface area contributed by atoms with Crippen molar-refractivity contribution in [3.63, 3.8) is 0 Å². The smallest absolute Gasteiger partial charge is 0.0703 e. The van der Waals surface area contributed by atoms with Crippen molar-refractivity contribution >= 4 is 85.5 Å². The van der Waals surface area contributed by atoms with Crippen LogP contribution in [0.2, 0.25) is 0 Å². The van der Waals surface area contributed by atoms with Crippen LogP contribution in [0.15, 0.2) is 224 Å². The van der Waals surface area contributed by atoms with Crippen molar-refractivity contribution < 1.29 is 0 Å². The van der Waals surface area contributed by atoms with Gasteiger partial charge in [0, 0.05) is 29.2 Å². The van der Waals surface area contributed by atoms with Gasteiger partial charge in [-0.3, -0.25) is 0 Å². The number of para-hydroxylation sites is 9. The molecule has 334 valence electrons. The summed E-state index contributed by atoms with van der Waals surface area (Å²) in [7, 11) is 2.18. The van der Waals surface area contributed by atoms with E-state index in [4.69, 9.17) is 0 Å². The predicted molar refractivity (Wildman–Crippen MR) is 295 cm³/mol. The van der Waals surface area contributed by atoms with E-state index in [2.05, 4.69) is 263 Å². The molecular formula is C66H50N4. The second kappa shape index (κ2) is 16.0. The third-order valence-electron chi connectivity index (χ3n) is 15.6. The van der Waals surface area contributed by atoms with Gasteiger partial charge in [-0.25, -0.2) is 0 Å². The third-order valence-corrected chi connectivity index (χ3v) is 15.6. The predicted octanol–water partition coefficient (Wildman–Crippen LogP) is 18.3. The summed E-state index contributed by atoms with van der Waals surface area (Å²) >= 11 is 0. The lowest BCUT2D eigenvalue weighted by atomic mass is 9.76.